The van der Waals surface area contributed by atoms with Gasteiger partial charge in [-0.05, 0) is 38.5 Å². The van der Waals surface area contributed by atoms with Crippen LogP contribution in [-0.4, -0.2) is 63.2 Å². The number of nitrogens with one attached hydrogen (secondary N) is 1. The lowest BCUT2D eigenvalue weighted by molar-refractivity contribution is -0.133. The van der Waals surface area contributed by atoms with E-state index in [1.165, 1.54) is 5.56 Å². The molecule has 2 amide bonds. The molecule has 0 spiro atoms. The minimum atomic E-state index is -0.423. The number of anilines is 1. The molecule has 2 aromatic carbocycles. The zero-order valence-electron chi connectivity index (χ0n) is 20.8. The van der Waals surface area contributed by atoms with Crippen molar-refractivity contribution in [3.05, 3.63) is 81.8 Å². The third-order valence-corrected chi connectivity index (χ3v) is 6.87. The van der Waals surface area contributed by atoms with E-state index in [9.17, 15) is 14.4 Å². The van der Waals surface area contributed by atoms with Crippen LogP contribution in [0.4, 0.5) is 5.69 Å². The maximum Gasteiger partial charge on any atom is 0.295 e. The molecular formula is C27H33N5O3. The molecule has 0 bridgehead atoms. The van der Waals surface area contributed by atoms with Gasteiger partial charge in [0.05, 0.1) is 23.8 Å². The monoisotopic (exact) mass is 475 g/mol. The predicted octanol–water partition coefficient (Wildman–Crippen LogP) is 2.51. The Labute approximate surface area is 205 Å². The third-order valence-electron chi connectivity index (χ3n) is 6.87. The molecule has 8 nitrogen and oxygen atoms in total. The zero-order valence-corrected chi connectivity index (χ0v) is 20.8. The van der Waals surface area contributed by atoms with Crippen LogP contribution < -0.4 is 10.9 Å². The van der Waals surface area contributed by atoms with Crippen LogP contribution in [0.25, 0.3) is 5.69 Å². The average molecular weight is 476 g/mol. The van der Waals surface area contributed by atoms with Gasteiger partial charge in [0.15, 0.2) is 0 Å². The second kappa shape index (κ2) is 10.3. The molecule has 4 rings (SSSR count). The molecule has 1 saturated heterocycles. The summed E-state index contributed by atoms with van der Waals surface area (Å²) in [4.78, 5) is 42.8. The number of para-hydroxylation sites is 1. The first-order valence-electron chi connectivity index (χ1n) is 12.0. The van der Waals surface area contributed by atoms with Gasteiger partial charge >= 0.3 is 0 Å². The number of carbonyl (C=O) groups excluding carboxylic acids is 2. The number of carbonyl (C=O) groups is 2. The number of hydrogen-bond donors (Lipinski definition) is 1. The van der Waals surface area contributed by atoms with Gasteiger partial charge in [-0.3, -0.25) is 24.0 Å². The highest BCUT2D eigenvalue weighted by Gasteiger charge is 2.29. The number of amides is 2. The minimum absolute atomic E-state index is 0.104. The van der Waals surface area contributed by atoms with Crippen molar-refractivity contribution in [1.29, 1.82) is 0 Å². The lowest BCUT2D eigenvalue weighted by atomic mass is 10.1. The summed E-state index contributed by atoms with van der Waals surface area (Å²) in [5.41, 5.74) is 3.64. The van der Waals surface area contributed by atoms with Crippen molar-refractivity contribution in [1.82, 2.24) is 19.2 Å². The van der Waals surface area contributed by atoms with Crippen LogP contribution >= 0.6 is 0 Å². The molecule has 1 aliphatic heterocycles. The number of aryl methyl sites for hydroxylation is 1. The van der Waals surface area contributed by atoms with Crippen molar-refractivity contribution in [2.75, 3.05) is 31.5 Å². The van der Waals surface area contributed by atoms with Gasteiger partial charge in [0.25, 0.3) is 5.56 Å². The van der Waals surface area contributed by atoms with Crippen molar-refractivity contribution in [2.24, 2.45) is 7.05 Å². The molecule has 0 radical (unpaired) electrons. The summed E-state index contributed by atoms with van der Waals surface area (Å²) < 4.78 is 3.30. The quantitative estimate of drug-likeness (QED) is 0.594. The molecular weight excluding hydrogens is 442 g/mol. The Morgan fingerprint density at radius 2 is 1.57 bits per heavy atom. The number of rotatable bonds is 6. The molecule has 1 atom stereocenters. The maximum absolute atomic E-state index is 13.1. The van der Waals surface area contributed by atoms with E-state index in [4.69, 9.17) is 0 Å². The molecule has 1 aliphatic rings. The molecule has 3 aromatic rings. The smallest absolute Gasteiger partial charge is 0.295 e. The SMILES string of the molecule is Cc1ccc(CC(=O)N2CCN(C(C)C(=O)Nc3c(C)n(C)n(-c4ccccc4)c3=O)CC2)cc1. The highest BCUT2D eigenvalue weighted by molar-refractivity contribution is 5.95. The minimum Gasteiger partial charge on any atom is -0.340 e. The lowest BCUT2D eigenvalue weighted by Gasteiger charge is -2.37. The van der Waals surface area contributed by atoms with Crippen LogP contribution in [0.5, 0.6) is 0 Å². The zero-order chi connectivity index (χ0) is 25.1. The summed E-state index contributed by atoms with van der Waals surface area (Å²) in [6, 6.07) is 16.9. The molecule has 1 N–H and O–H groups in total. The van der Waals surface area contributed by atoms with Crippen molar-refractivity contribution in [3.63, 3.8) is 0 Å². The third kappa shape index (κ3) is 5.22. The molecule has 2 heterocycles. The average Bonchev–Trinajstić information content (AvgIpc) is 3.08. The van der Waals surface area contributed by atoms with Crippen LogP contribution in [0.3, 0.4) is 0 Å². The lowest BCUT2D eigenvalue weighted by Crippen LogP contribution is -2.54. The van der Waals surface area contributed by atoms with E-state index >= 15 is 0 Å². The van der Waals surface area contributed by atoms with E-state index in [0.717, 1.165) is 11.3 Å². The predicted molar refractivity (Wildman–Crippen MR) is 137 cm³/mol. The number of piperazine rings is 1. The summed E-state index contributed by atoms with van der Waals surface area (Å²) in [5.74, 6) is -0.123. The normalized spacial score (nSPS) is 15.1. The van der Waals surface area contributed by atoms with Gasteiger partial charge in [0.2, 0.25) is 11.8 Å². The summed E-state index contributed by atoms with van der Waals surface area (Å²) >= 11 is 0. The van der Waals surface area contributed by atoms with E-state index in [-0.39, 0.29) is 17.4 Å². The highest BCUT2D eigenvalue weighted by atomic mass is 16.2. The van der Waals surface area contributed by atoms with Gasteiger partial charge in [-0.1, -0.05) is 48.0 Å². The van der Waals surface area contributed by atoms with Crippen molar-refractivity contribution in [3.8, 4) is 5.69 Å². The van der Waals surface area contributed by atoms with Gasteiger partial charge in [0, 0.05) is 33.2 Å². The van der Waals surface area contributed by atoms with Gasteiger partial charge < -0.3 is 10.2 Å². The van der Waals surface area contributed by atoms with E-state index in [1.807, 2.05) is 80.3 Å². The van der Waals surface area contributed by atoms with Crippen LogP contribution in [-0.2, 0) is 23.1 Å². The Balaban J connectivity index is 1.37. The standard InChI is InChI=1S/C27H33N5O3/c1-19-10-12-22(13-11-19)18-24(33)31-16-14-30(15-17-31)21(3)26(34)28-25-20(2)29(4)32(27(25)35)23-8-6-5-7-9-23/h5-13,21H,14-18H2,1-4H3,(H,28,34). The highest BCUT2D eigenvalue weighted by Crippen LogP contribution is 2.16. The van der Waals surface area contributed by atoms with Crippen molar-refractivity contribution >= 4 is 17.5 Å². The van der Waals surface area contributed by atoms with Gasteiger partial charge in [-0.2, -0.15) is 0 Å². The second-order valence-electron chi connectivity index (χ2n) is 9.18. The first-order valence-corrected chi connectivity index (χ1v) is 12.0. The summed E-state index contributed by atoms with van der Waals surface area (Å²) in [7, 11) is 1.80. The first kappa shape index (κ1) is 24.5. The number of nitrogens with zero attached hydrogens (tertiary/aromatic N) is 4. The Morgan fingerprint density at radius 3 is 2.20 bits per heavy atom. The van der Waals surface area contributed by atoms with Crippen molar-refractivity contribution < 1.29 is 9.59 Å². The Kier molecular flexibility index (Phi) is 7.21. The van der Waals surface area contributed by atoms with Crippen LogP contribution in [0, 0.1) is 13.8 Å². The molecule has 184 valence electrons. The van der Waals surface area contributed by atoms with Crippen LogP contribution in [0.1, 0.15) is 23.7 Å². The van der Waals surface area contributed by atoms with Crippen LogP contribution in [0.2, 0.25) is 0 Å². The van der Waals surface area contributed by atoms with Crippen molar-refractivity contribution in [2.45, 2.75) is 33.2 Å². The van der Waals surface area contributed by atoms with E-state index in [2.05, 4.69) is 10.2 Å². The van der Waals surface area contributed by atoms with Gasteiger partial charge in [0.1, 0.15) is 5.69 Å². The Hall–Kier alpha value is -3.65. The van der Waals surface area contributed by atoms with E-state index < -0.39 is 6.04 Å². The molecule has 35 heavy (non-hydrogen) atoms. The summed E-state index contributed by atoms with van der Waals surface area (Å²) in [6.07, 6.45) is 0.386. The Bertz CT molecular complexity index is 1250. The second-order valence-corrected chi connectivity index (χ2v) is 9.18. The number of hydrogen-bond acceptors (Lipinski definition) is 4. The fourth-order valence-corrected chi connectivity index (χ4v) is 4.46. The fourth-order valence-electron chi connectivity index (χ4n) is 4.46. The fraction of sp³-hybridized carbons (Fsp3) is 0.370. The van der Waals surface area contributed by atoms with E-state index in [0.29, 0.717) is 44.0 Å². The largest absolute Gasteiger partial charge is 0.340 e. The number of aromatic nitrogens is 2. The Morgan fingerprint density at radius 1 is 0.943 bits per heavy atom. The summed E-state index contributed by atoms with van der Waals surface area (Å²) in [6.45, 7) is 8.06. The molecule has 8 heteroatoms. The summed E-state index contributed by atoms with van der Waals surface area (Å²) in [5, 5.41) is 2.86. The van der Waals surface area contributed by atoms with E-state index in [1.54, 1.807) is 16.4 Å². The van der Waals surface area contributed by atoms with Gasteiger partial charge in [-0.25, -0.2) is 4.68 Å². The maximum atomic E-state index is 13.1. The van der Waals surface area contributed by atoms with Crippen LogP contribution in [0.15, 0.2) is 59.4 Å². The first-order chi connectivity index (χ1) is 16.8. The molecule has 1 fully saturated rings. The molecule has 0 saturated carbocycles. The van der Waals surface area contributed by atoms with Gasteiger partial charge in [-0.15, -0.1) is 0 Å². The molecule has 0 aliphatic carbocycles. The molecule has 1 unspecified atom stereocenters. The topological polar surface area (TPSA) is 79.6 Å². The molecule has 1 aromatic heterocycles. The number of benzene rings is 2.